The van der Waals surface area contributed by atoms with Gasteiger partial charge in [0.2, 0.25) is 0 Å². The molecule has 0 spiro atoms. The van der Waals surface area contributed by atoms with Crippen LogP contribution >= 0.6 is 0 Å². The molecule has 86 valence electrons. The van der Waals surface area contributed by atoms with E-state index in [4.69, 9.17) is 0 Å². The van der Waals surface area contributed by atoms with E-state index in [2.05, 4.69) is 15.6 Å². The number of nitrogens with zero attached hydrogens (tertiary/aromatic N) is 1. The van der Waals surface area contributed by atoms with Crippen LogP contribution in [-0.4, -0.2) is 19.0 Å². The quantitative estimate of drug-likeness (QED) is 0.798. The molecule has 0 saturated carbocycles. The van der Waals surface area contributed by atoms with Crippen LogP contribution in [0.1, 0.15) is 24.1 Å². The molecule has 1 heterocycles. The van der Waals surface area contributed by atoms with Crippen molar-refractivity contribution in [1.29, 1.82) is 0 Å². The summed E-state index contributed by atoms with van der Waals surface area (Å²) in [6.07, 6.45) is 0. The topological polar surface area (TPSA) is 36.4 Å². The summed E-state index contributed by atoms with van der Waals surface area (Å²) >= 11 is 0. The van der Waals surface area contributed by atoms with Gasteiger partial charge in [-0.1, -0.05) is 12.1 Å². The van der Waals surface area contributed by atoms with E-state index in [9.17, 15) is 4.39 Å². The first-order valence-corrected chi connectivity index (χ1v) is 5.48. The van der Waals surface area contributed by atoms with E-state index in [0.717, 1.165) is 24.6 Å². The van der Waals surface area contributed by atoms with Crippen LogP contribution in [0.4, 0.5) is 4.39 Å². The minimum absolute atomic E-state index is 0.0550. The molecule has 1 aromatic carbocycles. The molecule has 1 aromatic rings. The molecule has 3 nitrogen and oxygen atoms in total. The highest BCUT2D eigenvalue weighted by Gasteiger charge is 2.11. The first-order chi connectivity index (χ1) is 7.66. The van der Waals surface area contributed by atoms with Gasteiger partial charge in [-0.3, -0.25) is 4.99 Å². The van der Waals surface area contributed by atoms with Crippen molar-refractivity contribution < 1.29 is 4.39 Å². The van der Waals surface area contributed by atoms with Gasteiger partial charge in [0.1, 0.15) is 5.82 Å². The number of nitrogens with one attached hydrogen (secondary N) is 2. The summed E-state index contributed by atoms with van der Waals surface area (Å²) < 4.78 is 13.4. The maximum atomic E-state index is 13.4. The normalized spacial score (nSPS) is 16.6. The number of hydrogen-bond donors (Lipinski definition) is 2. The Balaban J connectivity index is 2.08. The number of rotatable bonds is 2. The largest absolute Gasteiger partial charge is 0.355 e. The summed E-state index contributed by atoms with van der Waals surface area (Å²) in [7, 11) is 0. The average molecular weight is 221 g/mol. The Morgan fingerprint density at radius 2 is 2.31 bits per heavy atom. The Morgan fingerprint density at radius 3 is 2.94 bits per heavy atom. The highest BCUT2D eigenvalue weighted by atomic mass is 19.1. The smallest absolute Gasteiger partial charge is 0.191 e. The first kappa shape index (κ1) is 10.9. The fourth-order valence-corrected chi connectivity index (χ4v) is 1.66. The minimum atomic E-state index is -0.160. The second-order valence-corrected chi connectivity index (χ2v) is 4.03. The molecule has 0 aliphatic carbocycles. The zero-order chi connectivity index (χ0) is 11.5. The third-order valence-electron chi connectivity index (χ3n) is 2.72. The van der Waals surface area contributed by atoms with E-state index in [0.29, 0.717) is 5.56 Å². The number of benzene rings is 1. The van der Waals surface area contributed by atoms with Gasteiger partial charge >= 0.3 is 0 Å². The molecule has 0 saturated heterocycles. The van der Waals surface area contributed by atoms with E-state index < -0.39 is 0 Å². The Kier molecular flexibility index (Phi) is 3.08. The standard InChI is InChI=1S/C12H16FN3/c1-8-3-4-10(7-11(8)13)9(2)16-12-14-5-6-15-12/h3-4,7,9H,5-6H2,1-2H3,(H2,14,15,16). The van der Waals surface area contributed by atoms with Gasteiger partial charge in [-0.2, -0.15) is 0 Å². The maximum absolute atomic E-state index is 13.4. The van der Waals surface area contributed by atoms with Crippen LogP contribution in [-0.2, 0) is 0 Å². The third kappa shape index (κ3) is 2.32. The predicted molar refractivity (Wildman–Crippen MR) is 63.0 cm³/mol. The third-order valence-corrected chi connectivity index (χ3v) is 2.72. The van der Waals surface area contributed by atoms with Gasteiger partial charge < -0.3 is 10.6 Å². The second-order valence-electron chi connectivity index (χ2n) is 4.03. The van der Waals surface area contributed by atoms with Crippen molar-refractivity contribution in [2.45, 2.75) is 19.9 Å². The SMILES string of the molecule is Cc1ccc(C(C)NC2=NCCN2)cc1F. The molecule has 1 aliphatic heterocycles. The number of hydrogen-bond acceptors (Lipinski definition) is 3. The van der Waals surface area contributed by atoms with Gasteiger partial charge in [-0.25, -0.2) is 4.39 Å². The van der Waals surface area contributed by atoms with Crippen LogP contribution < -0.4 is 10.6 Å². The molecule has 0 amide bonds. The highest BCUT2D eigenvalue weighted by Crippen LogP contribution is 2.16. The maximum Gasteiger partial charge on any atom is 0.191 e. The lowest BCUT2D eigenvalue weighted by Crippen LogP contribution is -2.35. The molecular formula is C12H16FN3. The minimum Gasteiger partial charge on any atom is -0.355 e. The Morgan fingerprint density at radius 1 is 1.50 bits per heavy atom. The predicted octanol–water partition coefficient (Wildman–Crippen LogP) is 1.74. The van der Waals surface area contributed by atoms with Gasteiger partial charge in [0.25, 0.3) is 0 Å². The Hall–Kier alpha value is -1.58. The van der Waals surface area contributed by atoms with Crippen LogP contribution in [0.15, 0.2) is 23.2 Å². The number of halogens is 1. The fraction of sp³-hybridized carbons (Fsp3) is 0.417. The van der Waals surface area contributed by atoms with Crippen molar-refractivity contribution in [2.24, 2.45) is 4.99 Å². The van der Waals surface area contributed by atoms with Crippen molar-refractivity contribution in [3.63, 3.8) is 0 Å². The number of guanidine groups is 1. The molecule has 0 aromatic heterocycles. The van der Waals surface area contributed by atoms with Gasteiger partial charge in [0, 0.05) is 6.54 Å². The van der Waals surface area contributed by atoms with E-state index in [-0.39, 0.29) is 11.9 Å². The summed E-state index contributed by atoms with van der Waals surface area (Å²) in [5.74, 6) is 0.640. The second kappa shape index (κ2) is 4.51. The van der Waals surface area contributed by atoms with E-state index in [1.807, 2.05) is 13.0 Å². The van der Waals surface area contributed by atoms with Crippen molar-refractivity contribution in [2.75, 3.05) is 13.1 Å². The Bertz CT molecular complexity index is 415. The first-order valence-electron chi connectivity index (χ1n) is 5.48. The van der Waals surface area contributed by atoms with E-state index in [1.54, 1.807) is 19.1 Å². The number of aryl methyl sites for hydroxylation is 1. The van der Waals surface area contributed by atoms with Crippen LogP contribution in [0.3, 0.4) is 0 Å². The van der Waals surface area contributed by atoms with E-state index in [1.165, 1.54) is 0 Å². The lowest BCUT2D eigenvalue weighted by molar-refractivity contribution is 0.608. The lowest BCUT2D eigenvalue weighted by Gasteiger charge is -2.16. The van der Waals surface area contributed by atoms with Crippen molar-refractivity contribution >= 4 is 5.96 Å². The summed E-state index contributed by atoms with van der Waals surface area (Å²) in [6, 6.07) is 5.36. The molecule has 16 heavy (non-hydrogen) atoms. The van der Waals surface area contributed by atoms with Crippen molar-refractivity contribution in [3.05, 3.63) is 35.1 Å². The molecule has 2 N–H and O–H groups in total. The monoisotopic (exact) mass is 221 g/mol. The van der Waals surface area contributed by atoms with Gasteiger partial charge in [-0.05, 0) is 31.0 Å². The zero-order valence-corrected chi connectivity index (χ0v) is 9.55. The molecule has 2 rings (SSSR count). The van der Waals surface area contributed by atoms with Gasteiger partial charge in [-0.15, -0.1) is 0 Å². The molecule has 4 heteroatoms. The average Bonchev–Trinajstić information content (AvgIpc) is 2.74. The molecule has 0 fully saturated rings. The van der Waals surface area contributed by atoms with Gasteiger partial charge in [0.15, 0.2) is 5.96 Å². The molecule has 0 bridgehead atoms. The summed E-state index contributed by atoms with van der Waals surface area (Å²) in [5.41, 5.74) is 1.60. The van der Waals surface area contributed by atoms with Crippen molar-refractivity contribution in [1.82, 2.24) is 10.6 Å². The number of aliphatic imine (C=N–C) groups is 1. The molecular weight excluding hydrogens is 205 g/mol. The molecule has 1 atom stereocenters. The molecule has 1 aliphatic rings. The van der Waals surface area contributed by atoms with Crippen LogP contribution in [0.25, 0.3) is 0 Å². The van der Waals surface area contributed by atoms with Crippen LogP contribution in [0.5, 0.6) is 0 Å². The van der Waals surface area contributed by atoms with Gasteiger partial charge in [0.05, 0.1) is 12.6 Å². The molecule has 0 radical (unpaired) electrons. The zero-order valence-electron chi connectivity index (χ0n) is 9.55. The molecule has 1 unspecified atom stereocenters. The lowest BCUT2D eigenvalue weighted by atomic mass is 10.1. The fourth-order valence-electron chi connectivity index (χ4n) is 1.66. The Labute approximate surface area is 94.8 Å². The van der Waals surface area contributed by atoms with E-state index >= 15 is 0 Å². The highest BCUT2D eigenvalue weighted by molar-refractivity contribution is 5.81. The summed E-state index contributed by atoms with van der Waals surface area (Å²) in [4.78, 5) is 4.24. The van der Waals surface area contributed by atoms with Crippen LogP contribution in [0.2, 0.25) is 0 Å². The summed E-state index contributed by atoms with van der Waals surface area (Å²) in [6.45, 7) is 5.43. The summed E-state index contributed by atoms with van der Waals surface area (Å²) in [5, 5.41) is 6.34. The van der Waals surface area contributed by atoms with Crippen LogP contribution in [0, 0.1) is 12.7 Å². The van der Waals surface area contributed by atoms with Crippen molar-refractivity contribution in [3.8, 4) is 0 Å².